The highest BCUT2D eigenvalue weighted by atomic mass is 79.9. The number of hydrogen-bond acceptors (Lipinski definition) is 3. The van der Waals surface area contributed by atoms with Crippen LogP contribution in [0.2, 0.25) is 0 Å². The Morgan fingerprint density at radius 3 is 2.42 bits per heavy atom. The summed E-state index contributed by atoms with van der Waals surface area (Å²) in [6.45, 7) is 2.35. The summed E-state index contributed by atoms with van der Waals surface area (Å²) in [5.41, 5.74) is 2.77. The Hall–Kier alpha value is -1.86. The van der Waals surface area contributed by atoms with E-state index in [1.165, 1.54) is 0 Å². The second-order valence-electron chi connectivity index (χ2n) is 6.69. The summed E-state index contributed by atoms with van der Waals surface area (Å²) in [6.07, 6.45) is 3.11. The molecule has 0 spiro atoms. The molecule has 1 N–H and O–H groups in total. The van der Waals surface area contributed by atoms with Crippen LogP contribution in [0.5, 0.6) is 0 Å². The Morgan fingerprint density at radius 2 is 1.85 bits per heavy atom. The standard InChI is InChI=1S/C19H21BrN2O3S/c1-13-3-6-15(11-18(13)21-26(2,24)25)19(23)22(17-9-10-17)12-14-4-7-16(20)8-5-14/h3-8,11,17,21H,9-10,12H2,1-2H3. The summed E-state index contributed by atoms with van der Waals surface area (Å²) in [6, 6.07) is 13.3. The molecule has 7 heteroatoms. The average molecular weight is 437 g/mol. The molecule has 5 nitrogen and oxygen atoms in total. The summed E-state index contributed by atoms with van der Waals surface area (Å²) in [4.78, 5) is 14.9. The lowest BCUT2D eigenvalue weighted by atomic mass is 10.1. The molecule has 0 unspecified atom stereocenters. The van der Waals surface area contributed by atoms with Crippen LogP contribution in [0.3, 0.4) is 0 Å². The van der Waals surface area contributed by atoms with Gasteiger partial charge in [-0.3, -0.25) is 9.52 Å². The van der Waals surface area contributed by atoms with E-state index < -0.39 is 10.0 Å². The summed E-state index contributed by atoms with van der Waals surface area (Å²) in [5, 5.41) is 0. The first-order chi connectivity index (χ1) is 12.2. The Labute approximate surface area is 162 Å². The Bertz CT molecular complexity index is 922. The van der Waals surface area contributed by atoms with Crippen LogP contribution in [0.15, 0.2) is 46.9 Å². The molecule has 1 saturated carbocycles. The molecule has 0 radical (unpaired) electrons. The number of nitrogens with one attached hydrogen (secondary N) is 1. The number of amides is 1. The number of halogens is 1. The lowest BCUT2D eigenvalue weighted by Gasteiger charge is -2.23. The fourth-order valence-corrected chi connectivity index (χ4v) is 3.65. The molecule has 2 aromatic rings. The topological polar surface area (TPSA) is 66.5 Å². The van der Waals surface area contributed by atoms with E-state index in [9.17, 15) is 13.2 Å². The van der Waals surface area contributed by atoms with E-state index in [1.54, 1.807) is 18.2 Å². The minimum Gasteiger partial charge on any atom is -0.331 e. The van der Waals surface area contributed by atoms with Gasteiger partial charge in [-0.25, -0.2) is 8.42 Å². The maximum atomic E-state index is 13.1. The molecule has 0 heterocycles. The van der Waals surface area contributed by atoms with Crippen LogP contribution in [0, 0.1) is 6.92 Å². The predicted molar refractivity (Wildman–Crippen MR) is 107 cm³/mol. The molecule has 3 rings (SSSR count). The van der Waals surface area contributed by atoms with E-state index in [-0.39, 0.29) is 11.9 Å². The van der Waals surface area contributed by atoms with Crippen molar-refractivity contribution in [1.82, 2.24) is 4.90 Å². The van der Waals surface area contributed by atoms with Gasteiger partial charge < -0.3 is 4.90 Å². The molecule has 1 amide bonds. The average Bonchev–Trinajstić information content (AvgIpc) is 3.39. The van der Waals surface area contributed by atoms with Gasteiger partial charge in [-0.2, -0.15) is 0 Å². The quantitative estimate of drug-likeness (QED) is 0.745. The highest BCUT2D eigenvalue weighted by molar-refractivity contribution is 9.10. The smallest absolute Gasteiger partial charge is 0.254 e. The van der Waals surface area contributed by atoms with Crippen LogP contribution < -0.4 is 4.72 Å². The number of nitrogens with zero attached hydrogens (tertiary/aromatic N) is 1. The van der Waals surface area contributed by atoms with Gasteiger partial charge in [0.25, 0.3) is 5.91 Å². The number of carbonyl (C=O) groups excluding carboxylic acids is 1. The van der Waals surface area contributed by atoms with E-state index in [4.69, 9.17) is 0 Å². The van der Waals surface area contributed by atoms with Crippen molar-refractivity contribution >= 4 is 37.5 Å². The molecule has 1 aliphatic carbocycles. The maximum absolute atomic E-state index is 13.1. The number of anilines is 1. The number of rotatable bonds is 6. The first-order valence-electron chi connectivity index (χ1n) is 8.37. The van der Waals surface area contributed by atoms with Gasteiger partial charge in [0.1, 0.15) is 0 Å². The SMILES string of the molecule is Cc1ccc(C(=O)N(Cc2ccc(Br)cc2)C2CC2)cc1NS(C)(=O)=O. The molecule has 2 aromatic carbocycles. The summed E-state index contributed by atoms with van der Waals surface area (Å²) in [7, 11) is -3.40. The minimum atomic E-state index is -3.40. The van der Waals surface area contributed by atoms with Crippen molar-refractivity contribution in [2.24, 2.45) is 0 Å². The van der Waals surface area contributed by atoms with Crippen LogP contribution in [0.4, 0.5) is 5.69 Å². The van der Waals surface area contributed by atoms with Crippen molar-refractivity contribution in [3.8, 4) is 0 Å². The van der Waals surface area contributed by atoms with Gasteiger partial charge in [0, 0.05) is 22.6 Å². The summed E-state index contributed by atoms with van der Waals surface area (Å²) >= 11 is 3.42. The molecule has 0 atom stereocenters. The lowest BCUT2D eigenvalue weighted by Crippen LogP contribution is -2.32. The molecule has 1 aliphatic rings. The maximum Gasteiger partial charge on any atom is 0.254 e. The van der Waals surface area contributed by atoms with Gasteiger partial charge in [-0.1, -0.05) is 34.1 Å². The first kappa shape index (κ1) is 18.9. The van der Waals surface area contributed by atoms with E-state index in [1.807, 2.05) is 36.1 Å². The third-order valence-corrected chi connectivity index (χ3v) is 5.41. The molecule has 0 aromatic heterocycles. The summed E-state index contributed by atoms with van der Waals surface area (Å²) < 4.78 is 26.6. The number of aryl methyl sites for hydroxylation is 1. The van der Waals surface area contributed by atoms with Crippen LogP contribution in [0.1, 0.15) is 34.3 Å². The highest BCUT2D eigenvalue weighted by Gasteiger charge is 2.33. The molecular formula is C19H21BrN2O3S. The zero-order valence-electron chi connectivity index (χ0n) is 14.7. The second-order valence-corrected chi connectivity index (χ2v) is 9.36. The van der Waals surface area contributed by atoms with Crippen LogP contribution in [-0.2, 0) is 16.6 Å². The molecular weight excluding hydrogens is 416 g/mol. The van der Waals surface area contributed by atoms with Gasteiger partial charge in [0.15, 0.2) is 0 Å². The van der Waals surface area contributed by atoms with Gasteiger partial charge in [-0.05, 0) is 55.2 Å². The Kier molecular flexibility index (Phi) is 5.39. The molecule has 1 fully saturated rings. The van der Waals surface area contributed by atoms with Crippen molar-refractivity contribution in [2.75, 3.05) is 11.0 Å². The van der Waals surface area contributed by atoms with Crippen LogP contribution in [0.25, 0.3) is 0 Å². The number of hydrogen-bond donors (Lipinski definition) is 1. The van der Waals surface area contributed by atoms with Crippen LogP contribution in [-0.4, -0.2) is 31.5 Å². The van der Waals surface area contributed by atoms with Crippen LogP contribution >= 0.6 is 15.9 Å². The van der Waals surface area contributed by atoms with Crippen molar-refractivity contribution < 1.29 is 13.2 Å². The van der Waals surface area contributed by atoms with Crippen molar-refractivity contribution in [3.05, 3.63) is 63.6 Å². The van der Waals surface area contributed by atoms with E-state index >= 15 is 0 Å². The van der Waals surface area contributed by atoms with Gasteiger partial charge >= 0.3 is 0 Å². The monoisotopic (exact) mass is 436 g/mol. The fourth-order valence-electron chi connectivity index (χ4n) is 2.77. The molecule has 0 bridgehead atoms. The normalized spacial score (nSPS) is 14.1. The van der Waals surface area contributed by atoms with Gasteiger partial charge in [0.2, 0.25) is 10.0 Å². The Morgan fingerprint density at radius 1 is 1.19 bits per heavy atom. The van der Waals surface area contributed by atoms with Crippen molar-refractivity contribution in [1.29, 1.82) is 0 Å². The molecule has 0 saturated heterocycles. The van der Waals surface area contributed by atoms with Gasteiger partial charge in [-0.15, -0.1) is 0 Å². The minimum absolute atomic E-state index is 0.0769. The third kappa shape index (κ3) is 4.86. The predicted octanol–water partition coefficient (Wildman–Crippen LogP) is 3.93. The third-order valence-electron chi connectivity index (χ3n) is 4.29. The van der Waals surface area contributed by atoms with E-state index in [0.29, 0.717) is 17.8 Å². The first-order valence-corrected chi connectivity index (χ1v) is 11.1. The zero-order valence-corrected chi connectivity index (χ0v) is 17.1. The summed E-state index contributed by atoms with van der Waals surface area (Å²) in [5.74, 6) is -0.0769. The highest BCUT2D eigenvalue weighted by Crippen LogP contribution is 2.31. The van der Waals surface area contributed by atoms with Crippen molar-refractivity contribution in [2.45, 2.75) is 32.4 Å². The Balaban J connectivity index is 1.85. The lowest BCUT2D eigenvalue weighted by molar-refractivity contribution is 0.0730. The van der Waals surface area contributed by atoms with E-state index in [0.717, 1.165) is 34.7 Å². The second kappa shape index (κ2) is 7.40. The number of benzene rings is 2. The molecule has 0 aliphatic heterocycles. The fraction of sp³-hybridized carbons (Fsp3) is 0.316. The van der Waals surface area contributed by atoms with Gasteiger partial charge in [0.05, 0.1) is 11.9 Å². The molecule has 138 valence electrons. The molecule has 26 heavy (non-hydrogen) atoms. The van der Waals surface area contributed by atoms with Crippen molar-refractivity contribution in [3.63, 3.8) is 0 Å². The number of sulfonamides is 1. The largest absolute Gasteiger partial charge is 0.331 e. The zero-order chi connectivity index (χ0) is 18.9. The van der Waals surface area contributed by atoms with E-state index in [2.05, 4.69) is 20.7 Å². The number of carbonyl (C=O) groups is 1.